The fourth-order valence-corrected chi connectivity index (χ4v) is 3.34. The molecule has 0 aliphatic carbocycles. The maximum atomic E-state index is 12.9. The number of ether oxygens (including phenoxy) is 1. The summed E-state index contributed by atoms with van der Waals surface area (Å²) in [5, 5.41) is 7.35. The van der Waals surface area contributed by atoms with Gasteiger partial charge in [0.2, 0.25) is 0 Å². The molecule has 0 spiro atoms. The molecule has 0 unspecified atom stereocenters. The Bertz CT molecular complexity index is 1250. The molecule has 0 fully saturated rings. The van der Waals surface area contributed by atoms with E-state index in [1.165, 1.54) is 17.9 Å². The average Bonchev–Trinajstić information content (AvgIpc) is 3.46. The zero-order valence-electron chi connectivity index (χ0n) is 16.4. The Labute approximate surface area is 182 Å². The van der Waals surface area contributed by atoms with Crippen molar-refractivity contribution in [1.82, 2.24) is 14.3 Å². The molecule has 0 saturated heterocycles. The van der Waals surface area contributed by atoms with Crippen molar-refractivity contribution in [3.05, 3.63) is 89.5 Å². The molecule has 2 aromatic heterocycles. The summed E-state index contributed by atoms with van der Waals surface area (Å²) in [6.45, 7) is 0. The number of methoxy groups -OCH3 is 1. The Morgan fingerprint density at radius 2 is 1.77 bits per heavy atom. The molecule has 156 valence electrons. The Morgan fingerprint density at radius 1 is 1.06 bits per heavy atom. The van der Waals surface area contributed by atoms with Crippen molar-refractivity contribution < 1.29 is 14.3 Å². The Balaban J connectivity index is 1.55. The lowest BCUT2D eigenvalue weighted by molar-refractivity contribution is 0.0992. The van der Waals surface area contributed by atoms with Gasteiger partial charge in [0.1, 0.15) is 11.4 Å². The van der Waals surface area contributed by atoms with E-state index >= 15 is 0 Å². The molecule has 9 heteroatoms. The lowest BCUT2D eigenvalue weighted by Crippen LogP contribution is -2.14. The minimum absolute atomic E-state index is 0.171. The van der Waals surface area contributed by atoms with E-state index in [1.54, 1.807) is 42.6 Å². The third-order valence-corrected chi connectivity index (χ3v) is 4.93. The lowest BCUT2D eigenvalue weighted by Gasteiger charge is -2.14. The molecule has 0 saturated carbocycles. The monoisotopic (exact) mass is 435 g/mol. The van der Waals surface area contributed by atoms with Gasteiger partial charge in [0, 0.05) is 30.3 Å². The normalized spacial score (nSPS) is 10.6. The first kappa shape index (κ1) is 20.2. The van der Waals surface area contributed by atoms with Gasteiger partial charge < -0.3 is 20.4 Å². The second-order valence-electron chi connectivity index (χ2n) is 6.61. The van der Waals surface area contributed by atoms with Crippen LogP contribution < -0.4 is 15.8 Å². The minimum atomic E-state index is -0.599. The highest BCUT2D eigenvalue weighted by Crippen LogP contribution is 2.30. The van der Waals surface area contributed by atoms with E-state index in [1.807, 2.05) is 29.1 Å². The van der Waals surface area contributed by atoms with Crippen molar-refractivity contribution in [2.24, 2.45) is 5.73 Å². The second-order valence-corrected chi connectivity index (χ2v) is 7.01. The maximum Gasteiger partial charge on any atom is 0.269 e. The molecule has 0 aliphatic rings. The number of nitrogens with two attached hydrogens (primary N) is 1. The third-order valence-electron chi connectivity index (χ3n) is 4.63. The summed E-state index contributed by atoms with van der Waals surface area (Å²) in [4.78, 5) is 24.0. The number of primary amides is 1. The Kier molecular flexibility index (Phi) is 5.46. The highest BCUT2D eigenvalue weighted by Gasteiger charge is 2.17. The number of anilines is 1. The molecule has 4 aromatic rings. The number of amides is 2. The summed E-state index contributed by atoms with van der Waals surface area (Å²) in [6, 6.07) is 15.5. The van der Waals surface area contributed by atoms with E-state index in [0.29, 0.717) is 33.4 Å². The van der Waals surface area contributed by atoms with Gasteiger partial charge in [0.05, 0.1) is 29.1 Å². The first-order valence-corrected chi connectivity index (χ1v) is 9.62. The van der Waals surface area contributed by atoms with Crippen molar-refractivity contribution in [1.29, 1.82) is 0 Å². The van der Waals surface area contributed by atoms with E-state index < -0.39 is 5.91 Å². The number of hydrogen-bond acceptors (Lipinski definition) is 4. The number of nitrogens with zero attached hydrogens (tertiary/aromatic N) is 3. The van der Waals surface area contributed by atoms with Crippen LogP contribution in [0.2, 0.25) is 5.02 Å². The highest BCUT2D eigenvalue weighted by atomic mass is 35.5. The van der Waals surface area contributed by atoms with Crippen LogP contribution in [0.1, 0.15) is 20.8 Å². The van der Waals surface area contributed by atoms with E-state index in [4.69, 9.17) is 22.1 Å². The van der Waals surface area contributed by atoms with Crippen LogP contribution in [0.25, 0.3) is 11.4 Å². The van der Waals surface area contributed by atoms with Crippen LogP contribution in [0.5, 0.6) is 5.75 Å². The molecule has 2 aromatic carbocycles. The van der Waals surface area contributed by atoms with Crippen LogP contribution in [-0.4, -0.2) is 33.3 Å². The number of rotatable bonds is 6. The smallest absolute Gasteiger partial charge is 0.269 e. The van der Waals surface area contributed by atoms with Crippen LogP contribution in [0.3, 0.4) is 0 Å². The Morgan fingerprint density at radius 3 is 2.39 bits per heavy atom. The maximum absolute atomic E-state index is 12.9. The van der Waals surface area contributed by atoms with Crippen LogP contribution >= 0.6 is 11.6 Å². The molecule has 2 amide bonds. The number of nitrogens with one attached hydrogen (secondary N) is 1. The number of aromatic nitrogens is 3. The fraction of sp³-hybridized carbons (Fsp3) is 0.0455. The molecule has 31 heavy (non-hydrogen) atoms. The van der Waals surface area contributed by atoms with Gasteiger partial charge in [-0.05, 0) is 48.5 Å². The summed E-state index contributed by atoms with van der Waals surface area (Å²) >= 11 is 6.41. The number of hydrogen-bond donors (Lipinski definition) is 2. The van der Waals surface area contributed by atoms with Crippen molar-refractivity contribution in [2.75, 3.05) is 12.4 Å². The summed E-state index contributed by atoms with van der Waals surface area (Å²) in [7, 11) is 1.50. The van der Waals surface area contributed by atoms with Crippen molar-refractivity contribution in [3.63, 3.8) is 0 Å². The molecule has 0 radical (unpaired) electrons. The van der Waals surface area contributed by atoms with Gasteiger partial charge in [0.25, 0.3) is 11.8 Å². The SMILES string of the molecule is COc1cc(-n2cccc2)c(Cl)cc1C(=O)Nc1ccc(-n2ccc(C(N)=O)n2)cc1. The molecular formula is C22H18ClN5O3. The summed E-state index contributed by atoms with van der Waals surface area (Å²) in [5.74, 6) is -0.559. The van der Waals surface area contributed by atoms with Gasteiger partial charge >= 0.3 is 0 Å². The molecule has 0 atom stereocenters. The quantitative estimate of drug-likeness (QED) is 0.482. The average molecular weight is 436 g/mol. The lowest BCUT2D eigenvalue weighted by atomic mass is 10.1. The van der Waals surface area contributed by atoms with Gasteiger partial charge in [0.15, 0.2) is 0 Å². The van der Waals surface area contributed by atoms with Gasteiger partial charge in [-0.25, -0.2) is 4.68 Å². The molecule has 4 rings (SSSR count). The summed E-state index contributed by atoms with van der Waals surface area (Å²) in [6.07, 6.45) is 5.34. The van der Waals surface area contributed by atoms with Crippen molar-refractivity contribution >= 4 is 29.1 Å². The number of benzene rings is 2. The molecule has 8 nitrogen and oxygen atoms in total. The van der Waals surface area contributed by atoms with Crippen molar-refractivity contribution in [2.45, 2.75) is 0 Å². The number of carbonyl (C=O) groups is 2. The molecule has 0 aliphatic heterocycles. The van der Waals surface area contributed by atoms with Gasteiger partial charge in [-0.15, -0.1) is 0 Å². The van der Waals surface area contributed by atoms with E-state index in [2.05, 4.69) is 10.4 Å². The van der Waals surface area contributed by atoms with E-state index in [-0.39, 0.29) is 11.6 Å². The largest absolute Gasteiger partial charge is 0.496 e. The van der Waals surface area contributed by atoms with E-state index in [9.17, 15) is 9.59 Å². The third kappa shape index (κ3) is 4.15. The van der Waals surface area contributed by atoms with Crippen LogP contribution in [0.4, 0.5) is 5.69 Å². The van der Waals surface area contributed by atoms with Gasteiger partial charge in [-0.2, -0.15) is 5.10 Å². The molecule has 0 bridgehead atoms. The van der Waals surface area contributed by atoms with Crippen LogP contribution in [0, 0.1) is 0 Å². The van der Waals surface area contributed by atoms with E-state index in [0.717, 1.165) is 0 Å². The van der Waals surface area contributed by atoms with Gasteiger partial charge in [-0.3, -0.25) is 9.59 Å². The molecular weight excluding hydrogens is 418 g/mol. The van der Waals surface area contributed by atoms with Gasteiger partial charge in [-0.1, -0.05) is 11.6 Å². The summed E-state index contributed by atoms with van der Waals surface area (Å²) in [5.41, 5.74) is 7.70. The summed E-state index contributed by atoms with van der Waals surface area (Å²) < 4.78 is 8.77. The highest BCUT2D eigenvalue weighted by molar-refractivity contribution is 6.33. The fourth-order valence-electron chi connectivity index (χ4n) is 3.08. The molecule has 2 heterocycles. The zero-order valence-corrected chi connectivity index (χ0v) is 17.2. The standard InChI is InChI=1S/C22H18ClN5O3/c1-31-20-13-19(27-9-2-3-10-27)17(23)12-16(20)22(30)25-14-4-6-15(7-5-14)28-11-8-18(26-28)21(24)29/h2-13H,1H3,(H2,24,29)(H,25,30). The van der Waals surface area contributed by atoms with Crippen LogP contribution in [-0.2, 0) is 0 Å². The number of halogens is 1. The zero-order chi connectivity index (χ0) is 22.0. The number of carbonyl (C=O) groups excluding carboxylic acids is 2. The minimum Gasteiger partial charge on any atom is -0.496 e. The second kappa shape index (κ2) is 8.37. The Hall–Kier alpha value is -4.04. The predicted molar refractivity (Wildman–Crippen MR) is 117 cm³/mol. The predicted octanol–water partition coefficient (Wildman–Crippen LogP) is 3.68. The van der Waals surface area contributed by atoms with Crippen molar-refractivity contribution in [3.8, 4) is 17.1 Å². The van der Waals surface area contributed by atoms with Crippen LogP contribution in [0.15, 0.2) is 73.2 Å². The molecule has 3 N–H and O–H groups in total. The first-order valence-electron chi connectivity index (χ1n) is 9.24. The topological polar surface area (TPSA) is 104 Å². The first-order chi connectivity index (χ1) is 15.0.